The van der Waals surface area contributed by atoms with Crippen molar-refractivity contribution in [1.29, 1.82) is 0 Å². The highest BCUT2D eigenvalue weighted by Crippen LogP contribution is 2.27. The van der Waals surface area contributed by atoms with Crippen LogP contribution in [0.4, 0.5) is 0 Å². The molecule has 0 bridgehead atoms. The summed E-state index contributed by atoms with van der Waals surface area (Å²) in [7, 11) is 0. The number of hydrogen-bond acceptors (Lipinski definition) is 2. The monoisotopic (exact) mass is 370 g/mol. The van der Waals surface area contributed by atoms with Crippen LogP contribution in [0.2, 0.25) is 0 Å². The van der Waals surface area contributed by atoms with Crippen LogP contribution in [-0.4, -0.2) is 10.2 Å². The van der Waals surface area contributed by atoms with E-state index in [9.17, 15) is 10.2 Å². The largest absolute Gasteiger partial charge is 0.508 e. The summed E-state index contributed by atoms with van der Waals surface area (Å²) in [6.07, 6.45) is 8.85. The van der Waals surface area contributed by atoms with Crippen molar-refractivity contribution in [3.63, 3.8) is 0 Å². The molecule has 0 saturated heterocycles. The summed E-state index contributed by atoms with van der Waals surface area (Å²) in [5, 5.41) is 18.8. The Bertz CT molecular complexity index is 668. The third-order valence-corrected chi connectivity index (χ3v) is 4.81. The molecule has 150 valence electrons. The minimum Gasteiger partial charge on any atom is -0.508 e. The molecule has 2 rings (SSSR count). The fourth-order valence-electron chi connectivity index (χ4n) is 3.31. The van der Waals surface area contributed by atoms with Crippen LogP contribution in [0.1, 0.15) is 82.9 Å². The third-order valence-electron chi connectivity index (χ3n) is 4.81. The lowest BCUT2D eigenvalue weighted by Gasteiger charge is -2.21. The van der Waals surface area contributed by atoms with E-state index in [2.05, 4.69) is 27.7 Å². The van der Waals surface area contributed by atoms with Crippen molar-refractivity contribution in [3.05, 3.63) is 59.2 Å². The van der Waals surface area contributed by atoms with E-state index in [0.29, 0.717) is 11.5 Å². The Kier molecular flexibility index (Phi) is 9.99. The number of phenolic OH excluding ortho intramolecular Hbond substituents is 2. The van der Waals surface area contributed by atoms with Gasteiger partial charge >= 0.3 is 0 Å². The Morgan fingerprint density at radius 1 is 0.815 bits per heavy atom. The molecule has 2 aromatic carbocycles. The van der Waals surface area contributed by atoms with E-state index in [0.717, 1.165) is 17.5 Å². The molecule has 0 aliphatic rings. The summed E-state index contributed by atoms with van der Waals surface area (Å²) in [6, 6.07) is 13.2. The van der Waals surface area contributed by atoms with Crippen LogP contribution in [0.3, 0.4) is 0 Å². The first-order valence-corrected chi connectivity index (χ1v) is 10.3. The SMILES string of the molecule is CCCCCCCCc1ccccc1O.Cc1cc(O)ccc1C(C)(C)C. The molecule has 0 saturated carbocycles. The van der Waals surface area contributed by atoms with Gasteiger partial charge in [-0.1, -0.05) is 84.1 Å². The van der Waals surface area contributed by atoms with Gasteiger partial charge in [0.15, 0.2) is 0 Å². The normalized spacial score (nSPS) is 11.0. The van der Waals surface area contributed by atoms with E-state index in [1.54, 1.807) is 18.2 Å². The topological polar surface area (TPSA) is 40.5 Å². The molecule has 2 heteroatoms. The van der Waals surface area contributed by atoms with Crippen molar-refractivity contribution in [2.24, 2.45) is 0 Å². The maximum absolute atomic E-state index is 9.55. The Morgan fingerprint density at radius 2 is 1.44 bits per heavy atom. The van der Waals surface area contributed by atoms with Gasteiger partial charge in [0.1, 0.15) is 11.5 Å². The molecular weight excluding hydrogens is 332 g/mol. The standard InChI is InChI=1S/C14H22O.C11H16O/c1-2-3-4-5-6-7-10-13-11-8-9-12-14(13)15;1-8-7-9(12)5-6-10(8)11(2,3)4/h8-9,11-12,15H,2-7,10H2,1H3;5-7,12H,1-4H3. The lowest BCUT2D eigenvalue weighted by atomic mass is 9.84. The summed E-state index contributed by atoms with van der Waals surface area (Å²) in [5.74, 6) is 0.798. The molecular formula is C25H38O2. The molecule has 0 amide bonds. The number of benzene rings is 2. The van der Waals surface area contributed by atoms with E-state index >= 15 is 0 Å². The van der Waals surface area contributed by atoms with Crippen molar-refractivity contribution in [3.8, 4) is 11.5 Å². The van der Waals surface area contributed by atoms with E-state index in [1.165, 1.54) is 44.1 Å². The number of rotatable bonds is 7. The molecule has 2 N–H and O–H groups in total. The number of aromatic hydroxyl groups is 2. The molecule has 27 heavy (non-hydrogen) atoms. The molecule has 2 nitrogen and oxygen atoms in total. The van der Waals surface area contributed by atoms with Gasteiger partial charge in [0.05, 0.1) is 0 Å². The smallest absolute Gasteiger partial charge is 0.118 e. The van der Waals surface area contributed by atoms with Crippen LogP contribution >= 0.6 is 0 Å². The molecule has 0 aliphatic heterocycles. The average molecular weight is 371 g/mol. The zero-order valence-electron chi connectivity index (χ0n) is 17.9. The van der Waals surface area contributed by atoms with E-state index in [-0.39, 0.29) is 5.41 Å². The van der Waals surface area contributed by atoms with Crippen molar-refractivity contribution in [2.75, 3.05) is 0 Å². The van der Waals surface area contributed by atoms with Crippen molar-refractivity contribution in [1.82, 2.24) is 0 Å². The predicted octanol–water partition coefficient (Wildman–Crippen LogP) is 7.29. The van der Waals surface area contributed by atoms with Crippen molar-refractivity contribution in [2.45, 2.75) is 85.0 Å². The fourth-order valence-corrected chi connectivity index (χ4v) is 3.31. The second-order valence-electron chi connectivity index (χ2n) is 8.40. The highest BCUT2D eigenvalue weighted by atomic mass is 16.3. The number of unbranched alkanes of at least 4 members (excludes halogenated alkanes) is 5. The number of para-hydroxylation sites is 1. The summed E-state index contributed by atoms with van der Waals surface area (Å²) >= 11 is 0. The maximum atomic E-state index is 9.55. The molecule has 2 aromatic rings. The molecule has 0 spiro atoms. The number of aryl methyl sites for hydroxylation is 2. The Balaban J connectivity index is 0.000000277. The van der Waals surface area contributed by atoms with Gasteiger partial charge in [-0.3, -0.25) is 0 Å². The first kappa shape index (κ1) is 23.1. The Hall–Kier alpha value is -1.96. The molecule has 0 heterocycles. The van der Waals surface area contributed by atoms with Crippen LogP contribution in [0.15, 0.2) is 42.5 Å². The predicted molar refractivity (Wildman–Crippen MR) is 117 cm³/mol. The van der Waals surface area contributed by atoms with Gasteiger partial charge in [-0.05, 0) is 60.1 Å². The summed E-state index contributed by atoms with van der Waals surface area (Å²) in [6.45, 7) is 10.8. The molecule has 0 radical (unpaired) electrons. The minimum atomic E-state index is 0.164. The van der Waals surface area contributed by atoms with Crippen LogP contribution in [0.25, 0.3) is 0 Å². The quantitative estimate of drug-likeness (QED) is 0.502. The van der Waals surface area contributed by atoms with Gasteiger partial charge in [-0.2, -0.15) is 0 Å². The molecule has 0 fully saturated rings. The van der Waals surface area contributed by atoms with Crippen LogP contribution in [0.5, 0.6) is 11.5 Å². The van der Waals surface area contributed by atoms with Gasteiger partial charge in [0.2, 0.25) is 0 Å². The first-order chi connectivity index (χ1) is 12.8. The zero-order chi connectivity index (χ0) is 20.3. The lowest BCUT2D eigenvalue weighted by Crippen LogP contribution is -2.12. The van der Waals surface area contributed by atoms with Crippen LogP contribution in [-0.2, 0) is 11.8 Å². The van der Waals surface area contributed by atoms with Gasteiger partial charge in [0, 0.05) is 0 Å². The zero-order valence-corrected chi connectivity index (χ0v) is 17.9. The summed E-state index contributed by atoms with van der Waals surface area (Å²) < 4.78 is 0. The van der Waals surface area contributed by atoms with E-state index < -0.39 is 0 Å². The highest BCUT2D eigenvalue weighted by molar-refractivity contribution is 5.37. The molecule has 0 atom stereocenters. The average Bonchev–Trinajstić information content (AvgIpc) is 2.59. The summed E-state index contributed by atoms with van der Waals surface area (Å²) in [4.78, 5) is 0. The van der Waals surface area contributed by atoms with Crippen molar-refractivity contribution < 1.29 is 10.2 Å². The van der Waals surface area contributed by atoms with E-state index in [4.69, 9.17) is 0 Å². The third kappa shape index (κ3) is 8.99. The van der Waals surface area contributed by atoms with Gasteiger partial charge in [-0.25, -0.2) is 0 Å². The van der Waals surface area contributed by atoms with Gasteiger partial charge < -0.3 is 10.2 Å². The maximum Gasteiger partial charge on any atom is 0.118 e. The van der Waals surface area contributed by atoms with Gasteiger partial charge in [-0.15, -0.1) is 0 Å². The van der Waals surface area contributed by atoms with E-state index in [1.807, 2.05) is 31.2 Å². The lowest BCUT2D eigenvalue weighted by molar-refractivity contribution is 0.466. The van der Waals surface area contributed by atoms with Crippen molar-refractivity contribution >= 4 is 0 Å². The molecule has 0 aliphatic carbocycles. The second-order valence-corrected chi connectivity index (χ2v) is 8.40. The van der Waals surface area contributed by atoms with Gasteiger partial charge in [0.25, 0.3) is 0 Å². The second kappa shape index (κ2) is 11.7. The first-order valence-electron chi connectivity index (χ1n) is 10.3. The number of hydrogen-bond donors (Lipinski definition) is 2. The number of phenols is 2. The van der Waals surface area contributed by atoms with Crippen LogP contribution in [0, 0.1) is 6.92 Å². The molecule has 0 unspecified atom stereocenters. The minimum absolute atomic E-state index is 0.164. The summed E-state index contributed by atoms with van der Waals surface area (Å²) in [5.41, 5.74) is 3.70. The Morgan fingerprint density at radius 3 is 2.04 bits per heavy atom. The highest BCUT2D eigenvalue weighted by Gasteiger charge is 2.15. The Labute approximate surface area is 166 Å². The molecule has 0 aromatic heterocycles. The van der Waals surface area contributed by atoms with Crippen LogP contribution < -0.4 is 0 Å². The fraction of sp³-hybridized carbons (Fsp3) is 0.520.